The van der Waals surface area contributed by atoms with Crippen molar-refractivity contribution in [2.45, 2.75) is 18.7 Å². The maximum absolute atomic E-state index is 5.17. The monoisotopic (exact) mass is 245 g/mol. The first kappa shape index (κ1) is 11.3. The number of rotatable bonds is 4. The van der Waals surface area contributed by atoms with Crippen LogP contribution in [0.4, 0.5) is 0 Å². The molecule has 2 rings (SSSR count). The molecule has 0 amide bonds. The smallest absolute Gasteiger partial charge is 0.240 e. The van der Waals surface area contributed by atoms with Gasteiger partial charge >= 0.3 is 0 Å². The fourth-order valence-corrected chi connectivity index (χ4v) is 3.93. The van der Waals surface area contributed by atoms with Crippen LogP contribution in [0.3, 0.4) is 0 Å². The van der Waals surface area contributed by atoms with Gasteiger partial charge in [-0.2, -0.15) is 16.7 Å². The van der Waals surface area contributed by atoms with Gasteiger partial charge in [0.15, 0.2) is 5.82 Å². The number of nitrogens with one attached hydrogen (secondary N) is 1. The molecule has 4 nitrogen and oxygen atoms in total. The minimum absolute atomic E-state index is 0.419. The van der Waals surface area contributed by atoms with E-state index in [4.69, 9.17) is 4.52 Å². The van der Waals surface area contributed by atoms with E-state index < -0.39 is 0 Å². The molecule has 1 atom stereocenters. The summed E-state index contributed by atoms with van der Waals surface area (Å²) in [5.74, 6) is 5.09. The SMILES string of the molecule is CCNCc1nc(C2CSCCS2)no1. The molecule has 6 heteroatoms. The normalized spacial score (nSPS) is 21.8. The van der Waals surface area contributed by atoms with Crippen LogP contribution >= 0.6 is 23.5 Å². The summed E-state index contributed by atoms with van der Waals surface area (Å²) in [4.78, 5) is 4.40. The second-order valence-electron chi connectivity index (χ2n) is 3.26. The lowest BCUT2D eigenvalue weighted by atomic mass is 10.4. The Labute approximate surface area is 98.0 Å². The second kappa shape index (κ2) is 5.77. The van der Waals surface area contributed by atoms with Crippen molar-refractivity contribution >= 4 is 23.5 Å². The van der Waals surface area contributed by atoms with Crippen molar-refractivity contribution in [1.82, 2.24) is 15.5 Å². The van der Waals surface area contributed by atoms with Gasteiger partial charge in [0.05, 0.1) is 11.8 Å². The Morgan fingerprint density at radius 3 is 3.20 bits per heavy atom. The molecule has 0 radical (unpaired) electrons. The molecule has 84 valence electrons. The van der Waals surface area contributed by atoms with Gasteiger partial charge in [0, 0.05) is 17.3 Å². The van der Waals surface area contributed by atoms with Crippen LogP contribution in [0, 0.1) is 0 Å². The molecular weight excluding hydrogens is 230 g/mol. The van der Waals surface area contributed by atoms with Crippen LogP contribution in [0.5, 0.6) is 0 Å². The van der Waals surface area contributed by atoms with Gasteiger partial charge in [0.2, 0.25) is 5.89 Å². The summed E-state index contributed by atoms with van der Waals surface area (Å²) in [5.41, 5.74) is 0. The van der Waals surface area contributed by atoms with Crippen LogP contribution in [-0.2, 0) is 6.54 Å². The van der Waals surface area contributed by atoms with Crippen LogP contribution in [0.15, 0.2) is 4.52 Å². The lowest BCUT2D eigenvalue weighted by Gasteiger charge is -2.16. The molecule has 0 saturated carbocycles. The highest BCUT2D eigenvalue weighted by Crippen LogP contribution is 2.34. The molecule has 0 bridgehead atoms. The van der Waals surface area contributed by atoms with E-state index in [2.05, 4.69) is 22.4 Å². The summed E-state index contributed by atoms with van der Waals surface area (Å²) < 4.78 is 5.17. The Morgan fingerprint density at radius 2 is 2.47 bits per heavy atom. The van der Waals surface area contributed by atoms with Crippen LogP contribution in [-0.4, -0.2) is 33.9 Å². The van der Waals surface area contributed by atoms with Crippen LogP contribution < -0.4 is 5.32 Å². The summed E-state index contributed by atoms with van der Waals surface area (Å²) in [6, 6.07) is 0. The van der Waals surface area contributed by atoms with Gasteiger partial charge in [0.25, 0.3) is 0 Å². The number of hydrogen-bond donors (Lipinski definition) is 1. The minimum Gasteiger partial charge on any atom is -0.338 e. The zero-order chi connectivity index (χ0) is 10.5. The van der Waals surface area contributed by atoms with Crippen LogP contribution in [0.2, 0.25) is 0 Å². The average molecular weight is 245 g/mol. The molecule has 1 N–H and O–H groups in total. The maximum atomic E-state index is 5.17. The first-order chi connectivity index (χ1) is 7.40. The predicted octanol–water partition coefficient (Wildman–Crippen LogP) is 1.70. The molecular formula is C9H15N3OS2. The molecule has 15 heavy (non-hydrogen) atoms. The third-order valence-corrected chi connectivity index (χ3v) is 4.86. The van der Waals surface area contributed by atoms with Gasteiger partial charge in [0.1, 0.15) is 0 Å². The quantitative estimate of drug-likeness (QED) is 0.871. The number of nitrogens with zero attached hydrogens (tertiary/aromatic N) is 2. The molecule has 1 aromatic rings. The number of hydrogen-bond acceptors (Lipinski definition) is 6. The third-order valence-electron chi connectivity index (χ3n) is 2.11. The molecule has 1 aromatic heterocycles. The highest BCUT2D eigenvalue weighted by atomic mass is 32.2. The first-order valence-corrected chi connectivity index (χ1v) is 7.33. The van der Waals surface area contributed by atoms with Crippen LogP contribution in [0.1, 0.15) is 23.9 Å². The topological polar surface area (TPSA) is 51.0 Å². The van der Waals surface area contributed by atoms with Crippen LogP contribution in [0.25, 0.3) is 0 Å². The van der Waals surface area contributed by atoms with Gasteiger partial charge in [-0.1, -0.05) is 12.1 Å². The number of thioether (sulfide) groups is 2. The Bertz CT molecular complexity index is 299. The van der Waals surface area contributed by atoms with Crippen molar-refractivity contribution in [3.05, 3.63) is 11.7 Å². The summed E-state index contributed by atoms with van der Waals surface area (Å²) in [6.45, 7) is 3.66. The van der Waals surface area contributed by atoms with Gasteiger partial charge in [-0.25, -0.2) is 0 Å². The molecule has 0 aromatic carbocycles. The van der Waals surface area contributed by atoms with Gasteiger partial charge < -0.3 is 9.84 Å². The largest absolute Gasteiger partial charge is 0.338 e. The third kappa shape index (κ3) is 3.12. The van der Waals surface area contributed by atoms with Crippen molar-refractivity contribution in [1.29, 1.82) is 0 Å². The van der Waals surface area contributed by atoms with E-state index in [0.717, 1.165) is 18.1 Å². The standard InChI is InChI=1S/C9H15N3OS2/c1-2-10-5-8-11-9(12-13-8)7-6-14-3-4-15-7/h7,10H,2-6H2,1H3. The average Bonchev–Trinajstić information content (AvgIpc) is 2.76. The maximum Gasteiger partial charge on any atom is 0.240 e. The first-order valence-electron chi connectivity index (χ1n) is 5.12. The molecule has 1 aliphatic heterocycles. The molecule has 1 aliphatic rings. The van der Waals surface area contributed by atoms with Crippen molar-refractivity contribution in [3.63, 3.8) is 0 Å². The Kier molecular flexibility index (Phi) is 4.34. The van der Waals surface area contributed by atoms with E-state index >= 15 is 0 Å². The Balaban J connectivity index is 1.93. The Morgan fingerprint density at radius 1 is 1.53 bits per heavy atom. The summed E-state index contributed by atoms with van der Waals surface area (Å²) in [7, 11) is 0. The summed E-state index contributed by atoms with van der Waals surface area (Å²) in [5, 5.41) is 7.62. The Hall–Kier alpha value is -0.200. The van der Waals surface area contributed by atoms with E-state index in [1.54, 1.807) is 0 Å². The minimum atomic E-state index is 0.419. The van der Waals surface area contributed by atoms with Gasteiger partial charge in [-0.15, -0.1) is 11.8 Å². The molecule has 1 saturated heterocycles. The van der Waals surface area contributed by atoms with E-state index in [9.17, 15) is 0 Å². The second-order valence-corrected chi connectivity index (χ2v) is 5.72. The lowest BCUT2D eigenvalue weighted by Crippen LogP contribution is -2.12. The van der Waals surface area contributed by atoms with E-state index in [1.165, 1.54) is 11.5 Å². The van der Waals surface area contributed by atoms with Crippen molar-refractivity contribution in [2.24, 2.45) is 0 Å². The van der Waals surface area contributed by atoms with Gasteiger partial charge in [-0.3, -0.25) is 0 Å². The summed E-state index contributed by atoms with van der Waals surface area (Å²) in [6.07, 6.45) is 0. The zero-order valence-corrected chi connectivity index (χ0v) is 10.4. The highest BCUT2D eigenvalue weighted by molar-refractivity contribution is 8.06. The molecule has 1 fully saturated rings. The predicted molar refractivity (Wildman–Crippen MR) is 64.2 cm³/mol. The number of aromatic nitrogens is 2. The van der Waals surface area contributed by atoms with E-state index in [1.807, 2.05) is 23.5 Å². The fourth-order valence-electron chi connectivity index (χ4n) is 1.34. The molecule has 2 heterocycles. The van der Waals surface area contributed by atoms with Gasteiger partial charge in [-0.05, 0) is 6.54 Å². The van der Waals surface area contributed by atoms with Crippen molar-refractivity contribution in [2.75, 3.05) is 23.8 Å². The molecule has 0 aliphatic carbocycles. The van der Waals surface area contributed by atoms with E-state index in [0.29, 0.717) is 17.7 Å². The highest BCUT2D eigenvalue weighted by Gasteiger charge is 2.21. The zero-order valence-electron chi connectivity index (χ0n) is 8.73. The van der Waals surface area contributed by atoms with E-state index in [-0.39, 0.29) is 0 Å². The molecule has 0 spiro atoms. The van der Waals surface area contributed by atoms with Crippen molar-refractivity contribution < 1.29 is 4.52 Å². The summed E-state index contributed by atoms with van der Waals surface area (Å²) >= 11 is 3.89. The fraction of sp³-hybridized carbons (Fsp3) is 0.778. The lowest BCUT2D eigenvalue weighted by molar-refractivity contribution is 0.364. The van der Waals surface area contributed by atoms with Crippen molar-refractivity contribution in [3.8, 4) is 0 Å². The molecule has 1 unspecified atom stereocenters.